The third-order valence-corrected chi connectivity index (χ3v) is 3.59. The van der Waals surface area contributed by atoms with Gasteiger partial charge in [-0.25, -0.2) is 0 Å². The van der Waals surface area contributed by atoms with Gasteiger partial charge < -0.3 is 9.88 Å². The molecule has 1 aromatic carbocycles. The number of benzene rings is 1. The molecule has 2 aromatic rings. The molecule has 1 aliphatic rings. The highest BCUT2D eigenvalue weighted by molar-refractivity contribution is 5.80. The van der Waals surface area contributed by atoms with Crippen molar-refractivity contribution in [1.82, 2.24) is 9.88 Å². The van der Waals surface area contributed by atoms with Crippen molar-refractivity contribution < 1.29 is 0 Å². The van der Waals surface area contributed by atoms with Crippen LogP contribution in [0.4, 0.5) is 0 Å². The zero-order valence-electron chi connectivity index (χ0n) is 9.74. The standard InChI is InChI=1S/C14H18N2/c1-16-8-6-12-9-11(4-5-14(12)16)10-13-3-2-7-15-13/h4-6,8-9,13,15H,2-3,7,10H2,1H3. The fourth-order valence-corrected chi connectivity index (χ4v) is 2.67. The summed E-state index contributed by atoms with van der Waals surface area (Å²) in [5, 5.41) is 4.91. The van der Waals surface area contributed by atoms with Crippen LogP contribution in [0, 0.1) is 0 Å². The van der Waals surface area contributed by atoms with E-state index in [9.17, 15) is 0 Å². The van der Waals surface area contributed by atoms with E-state index in [-0.39, 0.29) is 0 Å². The van der Waals surface area contributed by atoms with Gasteiger partial charge in [0, 0.05) is 24.8 Å². The second kappa shape index (κ2) is 3.95. The van der Waals surface area contributed by atoms with Crippen LogP contribution in [-0.4, -0.2) is 17.2 Å². The summed E-state index contributed by atoms with van der Waals surface area (Å²) in [6.45, 7) is 1.19. The Bertz CT molecular complexity index is 492. The molecule has 0 bridgehead atoms. The first kappa shape index (κ1) is 9.91. The summed E-state index contributed by atoms with van der Waals surface area (Å²) < 4.78 is 2.17. The zero-order chi connectivity index (χ0) is 11.0. The fraction of sp³-hybridized carbons (Fsp3) is 0.429. The lowest BCUT2D eigenvalue weighted by atomic mass is 10.0. The second-order valence-electron chi connectivity index (χ2n) is 4.82. The van der Waals surface area contributed by atoms with E-state index >= 15 is 0 Å². The van der Waals surface area contributed by atoms with Crippen LogP contribution in [0.1, 0.15) is 18.4 Å². The third kappa shape index (κ3) is 1.74. The van der Waals surface area contributed by atoms with E-state index in [2.05, 4.69) is 47.4 Å². The highest BCUT2D eigenvalue weighted by Gasteiger charge is 2.14. The second-order valence-corrected chi connectivity index (χ2v) is 4.82. The SMILES string of the molecule is Cn1ccc2cc(CC3CCCN3)ccc21. The Hall–Kier alpha value is -1.28. The summed E-state index contributed by atoms with van der Waals surface area (Å²) in [7, 11) is 2.10. The molecule has 1 saturated heterocycles. The van der Waals surface area contributed by atoms with E-state index in [0.29, 0.717) is 6.04 Å². The van der Waals surface area contributed by atoms with E-state index < -0.39 is 0 Å². The number of rotatable bonds is 2. The summed E-state index contributed by atoms with van der Waals surface area (Å²) in [4.78, 5) is 0. The molecule has 1 aliphatic heterocycles. The Labute approximate surface area is 96.3 Å². The summed E-state index contributed by atoms with van der Waals surface area (Å²) in [6, 6.07) is 9.72. The van der Waals surface area contributed by atoms with Crippen LogP contribution in [0.2, 0.25) is 0 Å². The minimum absolute atomic E-state index is 0.696. The van der Waals surface area contributed by atoms with Crippen LogP contribution < -0.4 is 5.32 Å². The van der Waals surface area contributed by atoms with Crippen molar-refractivity contribution in [2.45, 2.75) is 25.3 Å². The first-order chi connectivity index (χ1) is 7.83. The van der Waals surface area contributed by atoms with Crippen molar-refractivity contribution >= 4 is 10.9 Å². The lowest BCUT2D eigenvalue weighted by Crippen LogP contribution is -2.23. The monoisotopic (exact) mass is 214 g/mol. The maximum absolute atomic E-state index is 3.55. The predicted octanol–water partition coefficient (Wildman–Crippen LogP) is 2.47. The number of nitrogens with one attached hydrogen (secondary N) is 1. The molecule has 2 nitrogen and oxygen atoms in total. The van der Waals surface area contributed by atoms with Crippen molar-refractivity contribution in [3.8, 4) is 0 Å². The van der Waals surface area contributed by atoms with Crippen LogP contribution in [-0.2, 0) is 13.5 Å². The lowest BCUT2D eigenvalue weighted by Gasteiger charge is -2.10. The smallest absolute Gasteiger partial charge is 0.0477 e. The normalized spacial score (nSPS) is 20.7. The molecule has 2 heteroatoms. The zero-order valence-corrected chi connectivity index (χ0v) is 9.74. The highest BCUT2D eigenvalue weighted by atomic mass is 14.9. The van der Waals surface area contributed by atoms with Crippen LogP contribution >= 0.6 is 0 Å². The number of aryl methyl sites for hydroxylation is 1. The van der Waals surface area contributed by atoms with Gasteiger partial charge in [0.25, 0.3) is 0 Å². The van der Waals surface area contributed by atoms with Gasteiger partial charge in [-0.3, -0.25) is 0 Å². The Kier molecular flexibility index (Phi) is 2.44. The highest BCUT2D eigenvalue weighted by Crippen LogP contribution is 2.19. The van der Waals surface area contributed by atoms with Crippen LogP contribution in [0.3, 0.4) is 0 Å². The first-order valence-corrected chi connectivity index (χ1v) is 6.10. The molecule has 3 rings (SSSR count). The molecule has 1 aromatic heterocycles. The average Bonchev–Trinajstić information content (AvgIpc) is 2.90. The maximum atomic E-state index is 3.55. The molecule has 1 atom stereocenters. The van der Waals surface area contributed by atoms with Gasteiger partial charge in [0.1, 0.15) is 0 Å². The van der Waals surface area contributed by atoms with Crippen molar-refractivity contribution in [2.75, 3.05) is 6.54 Å². The Balaban J connectivity index is 1.87. The summed E-state index contributed by atoms with van der Waals surface area (Å²) in [5.41, 5.74) is 2.78. The molecule has 16 heavy (non-hydrogen) atoms. The lowest BCUT2D eigenvalue weighted by molar-refractivity contribution is 0.603. The van der Waals surface area contributed by atoms with Crippen molar-refractivity contribution in [2.24, 2.45) is 7.05 Å². The van der Waals surface area contributed by atoms with Gasteiger partial charge in [-0.1, -0.05) is 6.07 Å². The maximum Gasteiger partial charge on any atom is 0.0477 e. The largest absolute Gasteiger partial charge is 0.351 e. The molecule has 1 N–H and O–H groups in total. The minimum atomic E-state index is 0.696. The van der Waals surface area contributed by atoms with E-state index in [4.69, 9.17) is 0 Å². The van der Waals surface area contributed by atoms with Gasteiger partial charge in [-0.15, -0.1) is 0 Å². The number of hydrogen-bond acceptors (Lipinski definition) is 1. The van der Waals surface area contributed by atoms with Gasteiger partial charge in [0.2, 0.25) is 0 Å². The Morgan fingerprint density at radius 1 is 1.38 bits per heavy atom. The first-order valence-electron chi connectivity index (χ1n) is 6.10. The number of aromatic nitrogens is 1. The Morgan fingerprint density at radius 2 is 2.31 bits per heavy atom. The number of fused-ring (bicyclic) bond motifs is 1. The topological polar surface area (TPSA) is 17.0 Å². The molecule has 0 saturated carbocycles. The number of hydrogen-bond donors (Lipinski definition) is 1. The molecular formula is C14H18N2. The van der Waals surface area contributed by atoms with Crippen LogP contribution in [0.15, 0.2) is 30.5 Å². The molecule has 0 amide bonds. The molecular weight excluding hydrogens is 196 g/mol. The Morgan fingerprint density at radius 3 is 3.12 bits per heavy atom. The molecule has 84 valence electrons. The van der Waals surface area contributed by atoms with Gasteiger partial charge in [-0.05, 0) is 55.0 Å². The van der Waals surface area contributed by atoms with E-state index in [0.717, 1.165) is 0 Å². The van der Waals surface area contributed by atoms with E-state index in [1.807, 2.05) is 0 Å². The average molecular weight is 214 g/mol. The van der Waals surface area contributed by atoms with Crippen molar-refractivity contribution in [1.29, 1.82) is 0 Å². The summed E-state index contributed by atoms with van der Waals surface area (Å²) in [6.07, 6.45) is 5.96. The van der Waals surface area contributed by atoms with Gasteiger partial charge in [-0.2, -0.15) is 0 Å². The molecule has 1 unspecified atom stereocenters. The molecule has 0 spiro atoms. The van der Waals surface area contributed by atoms with Gasteiger partial charge >= 0.3 is 0 Å². The van der Waals surface area contributed by atoms with Crippen molar-refractivity contribution in [3.63, 3.8) is 0 Å². The summed E-state index contributed by atoms with van der Waals surface area (Å²) >= 11 is 0. The molecule has 0 aliphatic carbocycles. The molecule has 2 heterocycles. The summed E-state index contributed by atoms with van der Waals surface area (Å²) in [5.74, 6) is 0. The fourth-order valence-electron chi connectivity index (χ4n) is 2.67. The third-order valence-electron chi connectivity index (χ3n) is 3.59. The van der Waals surface area contributed by atoms with E-state index in [1.165, 1.54) is 42.3 Å². The van der Waals surface area contributed by atoms with E-state index in [1.54, 1.807) is 0 Å². The minimum Gasteiger partial charge on any atom is -0.351 e. The quantitative estimate of drug-likeness (QED) is 0.812. The van der Waals surface area contributed by atoms with Crippen molar-refractivity contribution in [3.05, 3.63) is 36.0 Å². The van der Waals surface area contributed by atoms with Gasteiger partial charge in [0.05, 0.1) is 0 Å². The van der Waals surface area contributed by atoms with Crippen LogP contribution in [0.5, 0.6) is 0 Å². The van der Waals surface area contributed by atoms with Crippen LogP contribution in [0.25, 0.3) is 10.9 Å². The van der Waals surface area contributed by atoms with Gasteiger partial charge in [0.15, 0.2) is 0 Å². The molecule has 0 radical (unpaired) electrons. The number of nitrogens with zero attached hydrogens (tertiary/aromatic N) is 1. The predicted molar refractivity (Wildman–Crippen MR) is 67.6 cm³/mol. The molecule has 1 fully saturated rings.